The lowest BCUT2D eigenvalue weighted by Gasteiger charge is -2.28. The van der Waals surface area contributed by atoms with Gasteiger partial charge in [-0.25, -0.2) is 9.31 Å². The number of rotatable bonds is 4. The summed E-state index contributed by atoms with van der Waals surface area (Å²) in [6.07, 6.45) is 3.74. The molecular weight excluding hydrogens is 346 g/mol. The molecule has 3 aromatic rings. The third-order valence-corrected chi connectivity index (χ3v) is 4.46. The molecule has 1 aliphatic heterocycles. The van der Waals surface area contributed by atoms with Crippen LogP contribution >= 0.6 is 0 Å². The molecule has 27 heavy (non-hydrogen) atoms. The molecule has 0 saturated carbocycles. The van der Waals surface area contributed by atoms with Crippen LogP contribution in [0.1, 0.15) is 22.3 Å². The Morgan fingerprint density at radius 3 is 2.85 bits per heavy atom. The number of hydrogen-bond donors (Lipinski definition) is 2. The maximum Gasteiger partial charge on any atom is 0.328 e. The van der Waals surface area contributed by atoms with Crippen molar-refractivity contribution in [3.63, 3.8) is 0 Å². The highest BCUT2D eigenvalue weighted by Gasteiger charge is 2.27. The van der Waals surface area contributed by atoms with E-state index in [1.807, 2.05) is 24.4 Å². The second-order valence-electron chi connectivity index (χ2n) is 6.15. The van der Waals surface area contributed by atoms with Crippen molar-refractivity contribution in [3.8, 4) is 0 Å². The van der Waals surface area contributed by atoms with Crippen LogP contribution in [0.3, 0.4) is 0 Å². The molecule has 0 bridgehead atoms. The topological polar surface area (TPSA) is 95.8 Å². The summed E-state index contributed by atoms with van der Waals surface area (Å²) in [5, 5.41) is 9.35. The summed E-state index contributed by atoms with van der Waals surface area (Å²) >= 11 is 0. The minimum absolute atomic E-state index is 0.199. The fourth-order valence-electron chi connectivity index (χ4n) is 3.13. The van der Waals surface area contributed by atoms with Crippen molar-refractivity contribution in [2.45, 2.75) is 13.0 Å². The SMILES string of the molecule is O=C1CCN(c2ccccc2C(=O)NCc2cccn3nccc23)C(=O)N1. The van der Waals surface area contributed by atoms with Crippen molar-refractivity contribution in [1.82, 2.24) is 20.2 Å². The number of anilines is 1. The van der Waals surface area contributed by atoms with Gasteiger partial charge in [-0.1, -0.05) is 18.2 Å². The van der Waals surface area contributed by atoms with E-state index in [2.05, 4.69) is 15.7 Å². The van der Waals surface area contributed by atoms with E-state index in [-0.39, 0.29) is 24.8 Å². The Labute approximate surface area is 154 Å². The van der Waals surface area contributed by atoms with Crippen LogP contribution in [0.4, 0.5) is 10.5 Å². The smallest absolute Gasteiger partial charge is 0.328 e. The van der Waals surface area contributed by atoms with E-state index >= 15 is 0 Å². The van der Waals surface area contributed by atoms with Crippen molar-refractivity contribution in [2.24, 2.45) is 0 Å². The number of amides is 4. The lowest BCUT2D eigenvalue weighted by atomic mass is 10.1. The van der Waals surface area contributed by atoms with Gasteiger partial charge in [-0.3, -0.25) is 19.8 Å². The second kappa shape index (κ2) is 6.91. The number of fused-ring (bicyclic) bond motifs is 1. The number of pyridine rings is 1. The standard InChI is InChI=1S/C19H17N5O3/c25-17-8-11-23(19(27)22-17)16-6-2-1-5-14(16)18(26)20-12-13-4-3-10-24-15(13)7-9-21-24/h1-7,9-10H,8,11-12H2,(H,20,26)(H,22,25,27). The maximum atomic E-state index is 12.8. The van der Waals surface area contributed by atoms with Crippen LogP contribution in [-0.4, -0.2) is 34.0 Å². The molecule has 3 heterocycles. The molecule has 8 nitrogen and oxygen atoms in total. The van der Waals surface area contributed by atoms with Gasteiger partial charge in [-0.2, -0.15) is 5.10 Å². The summed E-state index contributed by atoms with van der Waals surface area (Å²) in [6, 6.07) is 12.0. The van der Waals surface area contributed by atoms with E-state index in [1.54, 1.807) is 35.0 Å². The van der Waals surface area contributed by atoms with E-state index in [0.29, 0.717) is 17.8 Å². The van der Waals surface area contributed by atoms with Crippen LogP contribution in [0.25, 0.3) is 5.52 Å². The predicted octanol–water partition coefficient (Wildman–Crippen LogP) is 1.71. The van der Waals surface area contributed by atoms with E-state index in [4.69, 9.17) is 0 Å². The summed E-state index contributed by atoms with van der Waals surface area (Å²) in [7, 11) is 0. The van der Waals surface area contributed by atoms with E-state index in [0.717, 1.165) is 11.1 Å². The number of nitrogens with one attached hydrogen (secondary N) is 2. The third-order valence-electron chi connectivity index (χ3n) is 4.46. The van der Waals surface area contributed by atoms with Crippen molar-refractivity contribution in [1.29, 1.82) is 0 Å². The summed E-state index contributed by atoms with van der Waals surface area (Å²) < 4.78 is 1.74. The minimum Gasteiger partial charge on any atom is -0.348 e. The van der Waals surface area contributed by atoms with E-state index in [1.165, 1.54) is 4.90 Å². The number of para-hydroxylation sites is 1. The molecule has 0 atom stereocenters. The summed E-state index contributed by atoms with van der Waals surface area (Å²) in [6.45, 7) is 0.567. The number of nitrogens with zero attached hydrogens (tertiary/aromatic N) is 3. The van der Waals surface area contributed by atoms with E-state index in [9.17, 15) is 14.4 Å². The highest BCUT2D eigenvalue weighted by atomic mass is 16.2. The number of carbonyl (C=O) groups excluding carboxylic acids is 3. The van der Waals surface area contributed by atoms with Crippen LogP contribution in [0.5, 0.6) is 0 Å². The Morgan fingerprint density at radius 2 is 2.00 bits per heavy atom. The zero-order valence-corrected chi connectivity index (χ0v) is 14.4. The molecule has 136 valence electrons. The predicted molar refractivity (Wildman–Crippen MR) is 98.3 cm³/mol. The van der Waals surface area contributed by atoms with Crippen LogP contribution in [0.2, 0.25) is 0 Å². The van der Waals surface area contributed by atoms with Gasteiger partial charge in [0.1, 0.15) is 0 Å². The first kappa shape index (κ1) is 16.8. The molecule has 0 aliphatic carbocycles. The van der Waals surface area contributed by atoms with Crippen molar-refractivity contribution < 1.29 is 14.4 Å². The van der Waals surface area contributed by atoms with Crippen molar-refractivity contribution >= 4 is 29.0 Å². The zero-order chi connectivity index (χ0) is 18.8. The number of hydrogen-bond acceptors (Lipinski definition) is 4. The Kier molecular flexibility index (Phi) is 4.29. The Hall–Kier alpha value is -3.68. The summed E-state index contributed by atoms with van der Waals surface area (Å²) in [4.78, 5) is 37.7. The van der Waals surface area contributed by atoms with Gasteiger partial charge in [0.15, 0.2) is 0 Å². The average Bonchev–Trinajstić information content (AvgIpc) is 3.15. The quantitative estimate of drug-likeness (QED) is 0.738. The molecular formula is C19H17N5O3. The van der Waals surface area contributed by atoms with Crippen LogP contribution in [-0.2, 0) is 11.3 Å². The largest absolute Gasteiger partial charge is 0.348 e. The molecule has 1 aliphatic rings. The maximum absolute atomic E-state index is 12.8. The lowest BCUT2D eigenvalue weighted by Crippen LogP contribution is -2.50. The lowest BCUT2D eigenvalue weighted by molar-refractivity contribution is -0.120. The first-order chi connectivity index (χ1) is 13.1. The Morgan fingerprint density at radius 1 is 1.15 bits per heavy atom. The molecule has 0 unspecified atom stereocenters. The van der Waals surface area contributed by atoms with Gasteiger partial charge >= 0.3 is 6.03 Å². The molecule has 4 rings (SSSR count). The molecule has 8 heteroatoms. The van der Waals surface area contributed by atoms with Crippen LogP contribution in [0.15, 0.2) is 54.9 Å². The summed E-state index contributed by atoms with van der Waals surface area (Å²) in [5.41, 5.74) is 2.70. The van der Waals surface area contributed by atoms with Gasteiger partial charge in [-0.15, -0.1) is 0 Å². The van der Waals surface area contributed by atoms with E-state index < -0.39 is 6.03 Å². The van der Waals surface area contributed by atoms with Crippen LogP contribution < -0.4 is 15.5 Å². The molecule has 2 aromatic heterocycles. The van der Waals surface area contributed by atoms with Gasteiger partial charge in [0.2, 0.25) is 5.91 Å². The van der Waals surface area contributed by atoms with Gasteiger partial charge in [0.25, 0.3) is 5.91 Å². The van der Waals surface area contributed by atoms with Crippen molar-refractivity contribution in [2.75, 3.05) is 11.4 Å². The third kappa shape index (κ3) is 3.24. The molecule has 1 aromatic carbocycles. The van der Waals surface area contributed by atoms with Crippen LogP contribution in [0, 0.1) is 0 Å². The van der Waals surface area contributed by atoms with Gasteiger partial charge < -0.3 is 5.32 Å². The molecule has 0 spiro atoms. The second-order valence-corrected chi connectivity index (χ2v) is 6.15. The number of aromatic nitrogens is 2. The molecule has 1 fully saturated rings. The molecule has 2 N–H and O–H groups in total. The van der Waals surface area contributed by atoms with Gasteiger partial charge in [0.05, 0.1) is 16.8 Å². The zero-order valence-electron chi connectivity index (χ0n) is 14.4. The first-order valence-electron chi connectivity index (χ1n) is 8.53. The monoisotopic (exact) mass is 363 g/mol. The Bertz CT molecular complexity index is 1040. The number of imide groups is 1. The fraction of sp³-hybridized carbons (Fsp3) is 0.158. The van der Waals surface area contributed by atoms with Gasteiger partial charge in [-0.05, 0) is 29.8 Å². The fourth-order valence-corrected chi connectivity index (χ4v) is 3.13. The average molecular weight is 363 g/mol. The highest BCUT2D eigenvalue weighted by Crippen LogP contribution is 2.22. The minimum atomic E-state index is -0.518. The number of urea groups is 1. The highest BCUT2D eigenvalue weighted by molar-refractivity contribution is 6.09. The summed E-state index contributed by atoms with van der Waals surface area (Å²) in [5.74, 6) is -0.607. The molecule has 1 saturated heterocycles. The van der Waals surface area contributed by atoms with Crippen molar-refractivity contribution in [3.05, 3.63) is 66.0 Å². The first-order valence-corrected chi connectivity index (χ1v) is 8.53. The molecule has 4 amide bonds. The normalized spacial score (nSPS) is 14.3. The number of benzene rings is 1. The molecule has 0 radical (unpaired) electrons. The van der Waals surface area contributed by atoms with Gasteiger partial charge in [0, 0.05) is 31.9 Å². The number of carbonyl (C=O) groups is 3. The Balaban J connectivity index is 1.55.